The van der Waals surface area contributed by atoms with E-state index in [0.717, 1.165) is 154 Å². The minimum absolute atomic E-state index is 0.00989. The van der Waals surface area contributed by atoms with Gasteiger partial charge in [-0.2, -0.15) is 0 Å². The molecule has 0 spiro atoms. The van der Waals surface area contributed by atoms with E-state index >= 15 is 0 Å². The number of nitrogens with one attached hydrogen (secondary N) is 4. The van der Waals surface area contributed by atoms with Crippen LogP contribution in [0.5, 0.6) is 0 Å². The number of aromatic nitrogens is 12. The SMILES string of the molecule is CN1CCC(c2nc(-c3c[nH]c4ncc(C5=CCCC5)cc34)cs2)CC1.O=C(O)c1nc(-c2c[nH]c3ncc(C4=CCCC4)cc23)cs1.O=C(c1nc(-c2c[nH]c3ncc(C4=CCCC4)cc23)cs1)N1CCCCC1.O=C(c1nc(-c2c[nH]c3ncc(C4=CCCC4)cc23)cs1)N1CCOCC1. The van der Waals surface area contributed by atoms with Crippen LogP contribution in [0.25, 0.3) is 111 Å². The van der Waals surface area contributed by atoms with Crippen LogP contribution in [0.4, 0.5) is 0 Å². The van der Waals surface area contributed by atoms with Gasteiger partial charge in [-0.1, -0.05) is 24.3 Å². The molecule has 19 rings (SSSR count). The van der Waals surface area contributed by atoms with Crippen molar-refractivity contribution in [2.45, 2.75) is 115 Å². The molecule has 0 saturated carbocycles. The lowest BCUT2D eigenvalue weighted by molar-refractivity contribution is 0.0302. The third-order valence-corrected chi connectivity index (χ3v) is 24.0. The highest BCUT2D eigenvalue weighted by Gasteiger charge is 2.27. The van der Waals surface area contributed by atoms with E-state index in [2.05, 4.69) is 127 Å². The molecule has 12 aromatic rings. The van der Waals surface area contributed by atoms with Crippen LogP contribution in [0.1, 0.15) is 172 Å². The maximum atomic E-state index is 12.7. The number of carboxylic acid groups (broad SMARTS) is 1. The molecule has 4 aliphatic carbocycles. The van der Waals surface area contributed by atoms with Gasteiger partial charge in [-0.15, -0.1) is 45.3 Å². The van der Waals surface area contributed by atoms with E-state index in [1.54, 1.807) is 5.38 Å². The zero-order valence-corrected chi connectivity index (χ0v) is 60.2. The van der Waals surface area contributed by atoms with E-state index in [1.807, 2.05) is 75.3 Å². The molecule has 3 fully saturated rings. The summed E-state index contributed by atoms with van der Waals surface area (Å²) in [6.45, 7) is 6.50. The van der Waals surface area contributed by atoms with Crippen molar-refractivity contribution in [3.05, 3.63) is 162 Å². The van der Waals surface area contributed by atoms with E-state index in [-0.39, 0.29) is 16.8 Å². The van der Waals surface area contributed by atoms with Crippen LogP contribution < -0.4 is 0 Å². The van der Waals surface area contributed by atoms with E-state index < -0.39 is 5.97 Å². The van der Waals surface area contributed by atoms with Crippen LogP contribution in [-0.2, 0) is 4.74 Å². The molecular weight excluding hydrogens is 1360 g/mol. The number of morpholine rings is 1. The first-order valence-electron chi connectivity index (χ1n) is 35.7. The van der Waals surface area contributed by atoms with Gasteiger partial charge in [-0.25, -0.2) is 44.7 Å². The number of allylic oxidation sites excluding steroid dienone is 8. The highest BCUT2D eigenvalue weighted by molar-refractivity contribution is 7.12. The Labute approximate surface area is 605 Å². The summed E-state index contributed by atoms with van der Waals surface area (Å²) in [6, 6.07) is 8.80. The van der Waals surface area contributed by atoms with E-state index in [4.69, 9.17) is 14.8 Å². The second-order valence-electron chi connectivity index (χ2n) is 27.1. The number of carbonyl (C=O) groups is 3. The Morgan fingerprint density at radius 1 is 0.441 bits per heavy atom. The molecule has 3 saturated heterocycles. The molecule has 20 nitrogen and oxygen atoms in total. The zero-order valence-electron chi connectivity index (χ0n) is 56.9. The molecular formula is C78H79N15O5S4. The van der Waals surface area contributed by atoms with Gasteiger partial charge in [0.1, 0.15) is 22.6 Å². The number of thiazole rings is 4. The summed E-state index contributed by atoms with van der Waals surface area (Å²) in [6.07, 6.45) is 44.7. The number of hydrogen-bond acceptors (Lipinski definition) is 17. The van der Waals surface area contributed by atoms with Crippen molar-refractivity contribution >= 4 is 130 Å². The molecule has 0 atom stereocenters. The largest absolute Gasteiger partial charge is 0.476 e. The van der Waals surface area contributed by atoms with Gasteiger partial charge in [0.2, 0.25) is 5.01 Å². The lowest BCUT2D eigenvalue weighted by Gasteiger charge is -2.27. The molecule has 0 aromatic carbocycles. The van der Waals surface area contributed by atoms with Crippen LogP contribution in [0.15, 0.2) is 120 Å². The van der Waals surface area contributed by atoms with Crippen molar-refractivity contribution < 1.29 is 24.2 Å². The summed E-state index contributed by atoms with van der Waals surface area (Å²) in [5, 5.41) is 23.8. The molecule has 102 heavy (non-hydrogen) atoms. The average Bonchev–Trinajstić information content (AvgIpc) is 1.66. The van der Waals surface area contributed by atoms with Gasteiger partial charge >= 0.3 is 5.97 Å². The van der Waals surface area contributed by atoms with Crippen molar-refractivity contribution in [1.82, 2.24) is 74.5 Å². The maximum absolute atomic E-state index is 12.7. The van der Waals surface area contributed by atoms with Crippen LogP contribution in [0, 0.1) is 0 Å². The highest BCUT2D eigenvalue weighted by atomic mass is 32.1. The van der Waals surface area contributed by atoms with E-state index in [0.29, 0.717) is 47.9 Å². The molecule has 0 radical (unpaired) electrons. The van der Waals surface area contributed by atoms with Gasteiger partial charge < -0.3 is 44.5 Å². The summed E-state index contributed by atoms with van der Waals surface area (Å²) in [5.41, 5.74) is 21.3. The lowest BCUT2D eigenvalue weighted by Crippen LogP contribution is -2.40. The lowest BCUT2D eigenvalue weighted by atomic mass is 9.98. The second-order valence-corrected chi connectivity index (χ2v) is 30.6. The first kappa shape index (κ1) is 67.1. The number of piperidine rings is 2. The van der Waals surface area contributed by atoms with Crippen molar-refractivity contribution in [2.24, 2.45) is 0 Å². The molecule has 12 aromatic heterocycles. The van der Waals surface area contributed by atoms with Gasteiger partial charge in [0, 0.05) is 147 Å². The minimum atomic E-state index is -0.994. The fourth-order valence-corrected chi connectivity index (χ4v) is 18.0. The Morgan fingerprint density at radius 3 is 1.16 bits per heavy atom. The van der Waals surface area contributed by atoms with Gasteiger partial charge in [0.15, 0.2) is 10.0 Å². The molecule has 15 heterocycles. The Morgan fingerprint density at radius 2 is 0.794 bits per heavy atom. The van der Waals surface area contributed by atoms with E-state index in [1.165, 1.54) is 148 Å². The number of amides is 2. The molecule has 24 heteroatoms. The Bertz CT molecular complexity index is 5040. The molecule has 0 bridgehead atoms. The average molecular weight is 1430 g/mol. The monoisotopic (exact) mass is 1430 g/mol. The number of carbonyl (C=O) groups excluding carboxylic acids is 2. The third kappa shape index (κ3) is 14.4. The fraction of sp³-hybridized carbons (Fsp3) is 0.346. The summed E-state index contributed by atoms with van der Waals surface area (Å²) in [4.78, 5) is 92.3. The quantitative estimate of drug-likeness (QED) is 0.0762. The van der Waals surface area contributed by atoms with Crippen molar-refractivity contribution in [1.29, 1.82) is 0 Å². The van der Waals surface area contributed by atoms with Crippen LogP contribution >= 0.6 is 45.3 Å². The van der Waals surface area contributed by atoms with Crippen LogP contribution in [0.3, 0.4) is 0 Å². The first-order chi connectivity index (χ1) is 50.1. The normalized spacial score (nSPS) is 17.3. The standard InChI is InChI=1S/C21H22N4OS.C21H24N4S.C20H20N4O2S.C16H13N3O2S/c26-21(25-8-4-1-5-9-25)20-24-18(13-27-20)17-12-23-19-16(17)10-15(11-22-19)14-6-2-3-7-14;1-25-8-6-15(7-9-25)21-24-19(13-26-21)18-12-23-20-17(18)10-16(11-22-20)14-4-2-3-5-14;25-20(24-5-7-26-8-6-24)19-23-17(12-27-19)16-11-22-18-15(16)9-14(10-21-18)13-3-1-2-4-13;20-16(21)15-19-13(8-22-15)12-7-18-14-11(12)5-10(6-17-14)9-3-1-2-4-9/h6,10-13H,1-5,7-9H2,(H,22,23);4,10-13,15H,2-3,5-9H2,1H3,(H,22,23);3,9-12H,1-2,4-8H2,(H,21,22);3,5-8H,1-2,4H2,(H,17,18)(H,20,21). The molecule has 3 aliphatic heterocycles. The molecule has 0 unspecified atom stereocenters. The number of aromatic amines is 4. The van der Waals surface area contributed by atoms with Gasteiger partial charge in [-0.3, -0.25) is 9.59 Å². The first-order valence-corrected chi connectivity index (χ1v) is 39.2. The van der Waals surface area contributed by atoms with Crippen molar-refractivity contribution in [3.63, 3.8) is 0 Å². The topological polar surface area (TPSA) is 257 Å². The number of pyridine rings is 4. The fourth-order valence-electron chi connectivity index (χ4n) is 14.8. The predicted octanol–water partition coefficient (Wildman–Crippen LogP) is 17.6. The summed E-state index contributed by atoms with van der Waals surface area (Å²) >= 11 is 5.79. The number of rotatable bonds is 12. The number of carboxylic acids is 1. The molecule has 2 amide bonds. The summed E-state index contributed by atoms with van der Waals surface area (Å²) < 4.78 is 5.32. The molecule has 5 N–H and O–H groups in total. The van der Waals surface area contributed by atoms with Crippen LogP contribution in [0.2, 0.25) is 0 Å². The van der Waals surface area contributed by atoms with Crippen molar-refractivity contribution in [2.75, 3.05) is 59.5 Å². The minimum Gasteiger partial charge on any atom is -0.476 e. The Hall–Kier alpha value is -9.43. The third-order valence-electron chi connectivity index (χ3n) is 20.5. The smallest absolute Gasteiger partial charge is 0.365 e. The molecule has 7 aliphatic rings. The Kier molecular flexibility index (Phi) is 19.9. The number of ether oxygens (including phenoxy) is 1. The van der Waals surface area contributed by atoms with Crippen molar-refractivity contribution in [3.8, 4) is 45.0 Å². The number of aromatic carboxylic acids is 1. The zero-order chi connectivity index (χ0) is 69.0. The summed E-state index contributed by atoms with van der Waals surface area (Å²) in [5.74, 6) is -0.316. The van der Waals surface area contributed by atoms with E-state index in [9.17, 15) is 14.4 Å². The molecule has 520 valence electrons. The number of hydrogen-bond donors (Lipinski definition) is 5. The van der Waals surface area contributed by atoms with Crippen LogP contribution in [-0.4, -0.2) is 157 Å². The maximum Gasteiger partial charge on any atom is 0.365 e. The predicted molar refractivity (Wildman–Crippen MR) is 409 cm³/mol. The highest BCUT2D eigenvalue weighted by Crippen LogP contribution is 2.40. The summed E-state index contributed by atoms with van der Waals surface area (Å²) in [7, 11) is 2.21. The second kappa shape index (κ2) is 30.3. The van der Waals surface area contributed by atoms with Gasteiger partial charge in [-0.05, 0) is 198 Å². The van der Waals surface area contributed by atoms with Gasteiger partial charge in [0.05, 0.1) is 41.0 Å². The number of likely N-dealkylation sites (tertiary alicyclic amines) is 2. The Balaban J connectivity index is 0.000000106. The van der Waals surface area contributed by atoms with Gasteiger partial charge in [0.25, 0.3) is 11.8 Å². The number of nitrogens with zero attached hydrogens (tertiary/aromatic N) is 11. The number of fused-ring (bicyclic) bond motifs is 4. The number of H-pyrrole nitrogens is 4.